The number of carbonyl (C=O) groups excluding carboxylic acids is 1. The molecule has 2 aromatic rings. The Labute approximate surface area is 146 Å². The van der Waals surface area contributed by atoms with Gasteiger partial charge in [0.15, 0.2) is 0 Å². The fourth-order valence-corrected chi connectivity index (χ4v) is 4.06. The van der Waals surface area contributed by atoms with Crippen LogP contribution in [0.5, 0.6) is 0 Å². The van der Waals surface area contributed by atoms with Crippen LogP contribution >= 0.6 is 11.5 Å². The first-order valence-electron chi connectivity index (χ1n) is 8.75. The van der Waals surface area contributed by atoms with Gasteiger partial charge in [0.1, 0.15) is 5.82 Å². The Hall–Kier alpha value is -1.95. The van der Waals surface area contributed by atoms with Gasteiger partial charge in [0, 0.05) is 42.1 Å². The van der Waals surface area contributed by atoms with Crippen molar-refractivity contribution in [2.45, 2.75) is 44.1 Å². The maximum Gasteiger partial charge on any atom is 0.251 e. The first-order valence-corrected chi connectivity index (χ1v) is 9.52. The number of rotatable bonds is 5. The minimum atomic E-state index is -0.00273. The number of anilines is 1. The smallest absolute Gasteiger partial charge is 0.251 e. The lowest BCUT2D eigenvalue weighted by atomic mass is 10.0. The number of benzene rings is 1. The predicted octanol–water partition coefficient (Wildman–Crippen LogP) is 3.20. The summed E-state index contributed by atoms with van der Waals surface area (Å²) in [5.74, 6) is 1.61. The Morgan fingerprint density at radius 1 is 1.21 bits per heavy atom. The van der Waals surface area contributed by atoms with E-state index in [9.17, 15) is 4.79 Å². The van der Waals surface area contributed by atoms with Crippen LogP contribution in [0.2, 0.25) is 0 Å². The van der Waals surface area contributed by atoms with E-state index in [0.29, 0.717) is 24.1 Å². The monoisotopic (exact) mass is 342 g/mol. The first kappa shape index (κ1) is 15.6. The molecule has 126 valence electrons. The molecular weight excluding hydrogens is 320 g/mol. The van der Waals surface area contributed by atoms with Crippen molar-refractivity contribution in [1.82, 2.24) is 14.7 Å². The summed E-state index contributed by atoms with van der Waals surface area (Å²) in [4.78, 5) is 19.4. The average molecular weight is 342 g/mol. The van der Waals surface area contributed by atoms with Crippen LogP contribution < -0.4 is 10.2 Å². The van der Waals surface area contributed by atoms with E-state index in [1.807, 2.05) is 30.3 Å². The number of nitrogens with one attached hydrogen (secondary N) is 1. The Morgan fingerprint density at radius 2 is 2.04 bits per heavy atom. The van der Waals surface area contributed by atoms with Gasteiger partial charge >= 0.3 is 0 Å². The zero-order valence-electron chi connectivity index (χ0n) is 13.6. The van der Waals surface area contributed by atoms with Gasteiger partial charge in [-0.15, -0.1) is 0 Å². The van der Waals surface area contributed by atoms with E-state index >= 15 is 0 Å². The van der Waals surface area contributed by atoms with Gasteiger partial charge in [0.2, 0.25) is 5.13 Å². The normalized spacial score (nSPS) is 20.8. The molecule has 6 heteroatoms. The summed E-state index contributed by atoms with van der Waals surface area (Å²) in [6, 6.07) is 9.71. The van der Waals surface area contributed by atoms with Crippen LogP contribution in [-0.4, -0.2) is 34.4 Å². The van der Waals surface area contributed by atoms with Gasteiger partial charge in [0.05, 0.1) is 0 Å². The van der Waals surface area contributed by atoms with E-state index in [2.05, 4.69) is 14.6 Å². The van der Waals surface area contributed by atoms with Gasteiger partial charge in [-0.25, -0.2) is 4.98 Å². The van der Waals surface area contributed by atoms with E-state index in [1.165, 1.54) is 37.2 Å². The van der Waals surface area contributed by atoms with Crippen LogP contribution in [0, 0.1) is 0 Å². The van der Waals surface area contributed by atoms with Gasteiger partial charge in [-0.05, 0) is 44.2 Å². The standard InChI is InChI=1S/C18H22N4OS/c23-17(14-6-2-1-3-7-14)19-12-15-8-4-5-11-22(15)18-20-16(21-24-18)13-9-10-13/h1-3,6-7,13,15H,4-5,8-12H2,(H,19,23). The highest BCUT2D eigenvalue weighted by atomic mass is 32.1. The molecule has 1 N–H and O–H groups in total. The highest BCUT2D eigenvalue weighted by Crippen LogP contribution is 2.40. The number of nitrogens with zero attached hydrogens (tertiary/aromatic N) is 3. The molecule has 2 heterocycles. The van der Waals surface area contributed by atoms with Crippen LogP contribution in [0.3, 0.4) is 0 Å². The molecule has 1 amide bonds. The molecule has 1 atom stereocenters. The fraction of sp³-hybridized carbons (Fsp3) is 0.500. The maximum atomic E-state index is 12.3. The fourth-order valence-electron chi connectivity index (χ4n) is 3.22. The van der Waals surface area contributed by atoms with Crippen molar-refractivity contribution in [3.8, 4) is 0 Å². The molecule has 0 radical (unpaired) electrons. The SMILES string of the molecule is O=C(NCC1CCCCN1c1nc(C2CC2)ns1)c1ccccc1. The highest BCUT2D eigenvalue weighted by Gasteiger charge is 2.31. The third-order valence-corrected chi connectivity index (χ3v) is 5.55. The molecule has 4 rings (SSSR count). The minimum Gasteiger partial charge on any atom is -0.350 e. The Kier molecular flexibility index (Phi) is 4.47. The highest BCUT2D eigenvalue weighted by molar-refractivity contribution is 7.09. The van der Waals surface area contributed by atoms with Gasteiger partial charge < -0.3 is 10.2 Å². The molecule has 0 spiro atoms. The Bertz CT molecular complexity index is 698. The summed E-state index contributed by atoms with van der Waals surface area (Å²) >= 11 is 1.51. The van der Waals surface area contributed by atoms with Crippen molar-refractivity contribution >= 4 is 22.6 Å². The molecule has 1 aromatic carbocycles. The molecular formula is C18H22N4OS. The molecule has 1 aromatic heterocycles. The first-order chi connectivity index (χ1) is 11.8. The molecule has 1 unspecified atom stereocenters. The average Bonchev–Trinajstić information content (AvgIpc) is 3.38. The minimum absolute atomic E-state index is 0.00273. The van der Waals surface area contributed by atoms with E-state index < -0.39 is 0 Å². The van der Waals surface area contributed by atoms with Crippen LogP contribution in [-0.2, 0) is 0 Å². The van der Waals surface area contributed by atoms with E-state index in [-0.39, 0.29) is 5.91 Å². The lowest BCUT2D eigenvalue weighted by molar-refractivity contribution is 0.0949. The molecule has 1 saturated carbocycles. The van der Waals surface area contributed by atoms with Gasteiger partial charge in [0.25, 0.3) is 5.91 Å². The van der Waals surface area contributed by atoms with Gasteiger partial charge in [-0.3, -0.25) is 4.79 Å². The zero-order chi connectivity index (χ0) is 16.4. The second-order valence-corrected chi connectivity index (χ2v) is 7.36. The zero-order valence-corrected chi connectivity index (χ0v) is 14.5. The van der Waals surface area contributed by atoms with E-state index in [1.54, 1.807) is 0 Å². The molecule has 2 fully saturated rings. The van der Waals surface area contributed by atoms with Crippen molar-refractivity contribution in [2.24, 2.45) is 0 Å². The number of hydrogen-bond acceptors (Lipinski definition) is 5. The van der Waals surface area contributed by atoms with Crippen molar-refractivity contribution in [2.75, 3.05) is 18.0 Å². The second-order valence-electron chi connectivity index (χ2n) is 6.63. The van der Waals surface area contributed by atoms with Gasteiger partial charge in [-0.2, -0.15) is 4.37 Å². The maximum absolute atomic E-state index is 12.3. The summed E-state index contributed by atoms with van der Waals surface area (Å²) in [5.41, 5.74) is 0.715. The van der Waals surface area contributed by atoms with Gasteiger partial charge in [-0.1, -0.05) is 18.2 Å². The predicted molar refractivity (Wildman–Crippen MR) is 95.6 cm³/mol. The molecule has 24 heavy (non-hydrogen) atoms. The van der Waals surface area contributed by atoms with Crippen LogP contribution in [0.15, 0.2) is 30.3 Å². The third-order valence-electron chi connectivity index (χ3n) is 4.78. The Balaban J connectivity index is 1.41. The number of aromatic nitrogens is 2. The molecule has 1 aliphatic heterocycles. The van der Waals surface area contributed by atoms with E-state index in [4.69, 9.17) is 4.98 Å². The van der Waals surface area contributed by atoms with Crippen molar-refractivity contribution in [3.63, 3.8) is 0 Å². The Morgan fingerprint density at radius 3 is 2.83 bits per heavy atom. The lowest BCUT2D eigenvalue weighted by Gasteiger charge is -2.35. The molecule has 0 bridgehead atoms. The summed E-state index contributed by atoms with van der Waals surface area (Å²) < 4.78 is 4.53. The molecule has 1 aliphatic carbocycles. The summed E-state index contributed by atoms with van der Waals surface area (Å²) in [6.45, 7) is 1.66. The van der Waals surface area contributed by atoms with Crippen LogP contribution in [0.25, 0.3) is 0 Å². The largest absolute Gasteiger partial charge is 0.350 e. The lowest BCUT2D eigenvalue weighted by Crippen LogP contribution is -2.46. The summed E-state index contributed by atoms with van der Waals surface area (Å²) in [7, 11) is 0. The molecule has 2 aliphatic rings. The number of hydrogen-bond donors (Lipinski definition) is 1. The van der Waals surface area contributed by atoms with Crippen molar-refractivity contribution < 1.29 is 4.79 Å². The van der Waals surface area contributed by atoms with E-state index in [0.717, 1.165) is 23.9 Å². The molecule has 1 saturated heterocycles. The van der Waals surface area contributed by atoms with Crippen LogP contribution in [0.1, 0.15) is 54.2 Å². The number of carbonyl (C=O) groups is 1. The summed E-state index contributed by atoms with van der Waals surface area (Å²) in [5, 5.41) is 4.11. The quantitative estimate of drug-likeness (QED) is 0.906. The van der Waals surface area contributed by atoms with Crippen molar-refractivity contribution in [3.05, 3.63) is 41.7 Å². The second kappa shape index (κ2) is 6.89. The summed E-state index contributed by atoms with van der Waals surface area (Å²) in [6.07, 6.45) is 5.94. The number of amides is 1. The van der Waals surface area contributed by atoms with Crippen molar-refractivity contribution in [1.29, 1.82) is 0 Å². The van der Waals surface area contributed by atoms with Crippen LogP contribution in [0.4, 0.5) is 5.13 Å². The molecule has 5 nitrogen and oxygen atoms in total. The number of piperidine rings is 1. The third kappa shape index (κ3) is 3.43. The topological polar surface area (TPSA) is 58.1 Å².